The van der Waals surface area contributed by atoms with Crippen LogP contribution in [0.2, 0.25) is 0 Å². The van der Waals surface area contributed by atoms with Crippen molar-refractivity contribution >= 4 is 11.5 Å². The molecule has 1 unspecified atom stereocenters. The summed E-state index contributed by atoms with van der Waals surface area (Å²) >= 11 is 0. The van der Waals surface area contributed by atoms with Crippen molar-refractivity contribution in [2.24, 2.45) is 0 Å². The third-order valence-electron chi connectivity index (χ3n) is 4.58. The molecule has 0 aromatic carbocycles. The molecule has 0 saturated carbocycles. The molecule has 2 aromatic heterocycles. The molecular formula is C20H28N6. The average Bonchev–Trinajstić information content (AvgIpc) is 2.66. The number of aryl methyl sites for hydroxylation is 3. The van der Waals surface area contributed by atoms with Crippen LogP contribution in [0.25, 0.3) is 0 Å². The van der Waals surface area contributed by atoms with Crippen LogP contribution in [-0.4, -0.2) is 40.6 Å². The van der Waals surface area contributed by atoms with Crippen LogP contribution in [0, 0.1) is 13.8 Å². The summed E-state index contributed by atoms with van der Waals surface area (Å²) in [5.41, 5.74) is 3.42. The van der Waals surface area contributed by atoms with Gasteiger partial charge in [-0.2, -0.15) is 0 Å². The number of hydrogen-bond donors (Lipinski definition) is 2. The van der Waals surface area contributed by atoms with Crippen LogP contribution in [0.15, 0.2) is 36.8 Å². The van der Waals surface area contributed by atoms with Gasteiger partial charge in [0.1, 0.15) is 11.6 Å². The van der Waals surface area contributed by atoms with Gasteiger partial charge in [-0.15, -0.1) is 0 Å². The highest BCUT2D eigenvalue weighted by Gasteiger charge is 2.15. The third-order valence-corrected chi connectivity index (χ3v) is 4.58. The minimum atomic E-state index is 0.403. The second kappa shape index (κ2) is 8.76. The zero-order chi connectivity index (χ0) is 18.4. The summed E-state index contributed by atoms with van der Waals surface area (Å²) in [5, 5.41) is 7.04. The monoisotopic (exact) mass is 352 g/mol. The summed E-state index contributed by atoms with van der Waals surface area (Å²) in [6.07, 6.45) is 10.1. The number of hydrogen-bond acceptors (Lipinski definition) is 6. The maximum atomic E-state index is 4.58. The van der Waals surface area contributed by atoms with Gasteiger partial charge in [0, 0.05) is 61.7 Å². The lowest BCUT2D eigenvalue weighted by Crippen LogP contribution is -2.38. The Morgan fingerprint density at radius 3 is 2.85 bits per heavy atom. The van der Waals surface area contributed by atoms with E-state index in [0.717, 1.165) is 55.5 Å². The van der Waals surface area contributed by atoms with Gasteiger partial charge in [0.05, 0.1) is 0 Å². The van der Waals surface area contributed by atoms with Crippen molar-refractivity contribution in [3.63, 3.8) is 0 Å². The lowest BCUT2D eigenvalue weighted by molar-refractivity contribution is 0.552. The van der Waals surface area contributed by atoms with Crippen LogP contribution in [0.3, 0.4) is 0 Å². The summed E-state index contributed by atoms with van der Waals surface area (Å²) in [7, 11) is 0. The van der Waals surface area contributed by atoms with Gasteiger partial charge in [0.15, 0.2) is 0 Å². The molecule has 0 spiro atoms. The van der Waals surface area contributed by atoms with Gasteiger partial charge in [0.25, 0.3) is 0 Å². The minimum Gasteiger partial charge on any atom is -0.383 e. The molecular weight excluding hydrogens is 324 g/mol. The minimum absolute atomic E-state index is 0.403. The van der Waals surface area contributed by atoms with Gasteiger partial charge in [-0.1, -0.05) is 13.0 Å². The van der Waals surface area contributed by atoms with Crippen molar-refractivity contribution < 1.29 is 0 Å². The van der Waals surface area contributed by atoms with E-state index in [2.05, 4.69) is 62.7 Å². The van der Waals surface area contributed by atoms with E-state index >= 15 is 0 Å². The van der Waals surface area contributed by atoms with Crippen molar-refractivity contribution in [3.05, 3.63) is 53.9 Å². The molecule has 26 heavy (non-hydrogen) atoms. The summed E-state index contributed by atoms with van der Waals surface area (Å²) in [6, 6.07) is 4.51. The average molecular weight is 352 g/mol. The highest BCUT2D eigenvalue weighted by atomic mass is 15.2. The SMILES string of the molecule is CCc1cc(N2C=CC(NCCNc3ccncc3C)CC2)nc(C)n1. The third kappa shape index (κ3) is 4.79. The molecule has 2 N–H and O–H groups in total. The zero-order valence-electron chi connectivity index (χ0n) is 15.9. The second-order valence-electron chi connectivity index (χ2n) is 6.62. The molecule has 0 amide bonds. The zero-order valence-corrected chi connectivity index (χ0v) is 15.9. The van der Waals surface area contributed by atoms with Crippen LogP contribution in [0.4, 0.5) is 11.5 Å². The molecule has 0 saturated heterocycles. The fourth-order valence-electron chi connectivity index (χ4n) is 3.08. The molecule has 6 heteroatoms. The molecule has 0 bridgehead atoms. The first-order valence-electron chi connectivity index (χ1n) is 9.33. The Hall–Kier alpha value is -2.47. The van der Waals surface area contributed by atoms with Gasteiger partial charge >= 0.3 is 0 Å². The van der Waals surface area contributed by atoms with Gasteiger partial charge in [0.2, 0.25) is 0 Å². The first-order valence-corrected chi connectivity index (χ1v) is 9.33. The Labute approximate surface area is 155 Å². The standard InChI is InChI=1S/C20H28N6/c1-4-17-13-20(25-16(3)24-17)26-11-6-18(7-12-26)22-9-10-23-19-5-8-21-14-15(19)2/h5-6,8,11,13-14,18,22H,4,7,9-10,12H2,1-3H3,(H,21,23). The number of nitrogens with zero attached hydrogens (tertiary/aromatic N) is 4. The van der Waals surface area contributed by atoms with Crippen molar-refractivity contribution in [2.45, 2.75) is 39.7 Å². The molecule has 1 atom stereocenters. The highest BCUT2D eigenvalue weighted by molar-refractivity contribution is 5.48. The number of pyridine rings is 1. The molecule has 3 heterocycles. The Morgan fingerprint density at radius 2 is 2.12 bits per heavy atom. The molecule has 0 aliphatic carbocycles. The molecule has 138 valence electrons. The maximum absolute atomic E-state index is 4.58. The van der Waals surface area contributed by atoms with E-state index in [1.54, 1.807) is 0 Å². The van der Waals surface area contributed by atoms with Crippen LogP contribution in [-0.2, 0) is 6.42 Å². The van der Waals surface area contributed by atoms with Crippen LogP contribution >= 0.6 is 0 Å². The van der Waals surface area contributed by atoms with E-state index < -0.39 is 0 Å². The molecule has 0 fully saturated rings. The van der Waals surface area contributed by atoms with E-state index in [1.807, 2.05) is 25.4 Å². The highest BCUT2D eigenvalue weighted by Crippen LogP contribution is 2.18. The van der Waals surface area contributed by atoms with E-state index in [1.165, 1.54) is 5.56 Å². The van der Waals surface area contributed by atoms with E-state index in [9.17, 15) is 0 Å². The summed E-state index contributed by atoms with van der Waals surface area (Å²) < 4.78 is 0. The first kappa shape index (κ1) is 18.3. The fraction of sp³-hybridized carbons (Fsp3) is 0.450. The lowest BCUT2D eigenvalue weighted by atomic mass is 10.1. The topological polar surface area (TPSA) is 66.0 Å². The maximum Gasteiger partial charge on any atom is 0.136 e. The predicted octanol–water partition coefficient (Wildman–Crippen LogP) is 2.84. The van der Waals surface area contributed by atoms with Crippen molar-refractivity contribution in [2.75, 3.05) is 29.9 Å². The van der Waals surface area contributed by atoms with Crippen molar-refractivity contribution in [3.8, 4) is 0 Å². The summed E-state index contributed by atoms with van der Waals surface area (Å²) in [6.45, 7) is 8.93. The van der Waals surface area contributed by atoms with E-state index in [-0.39, 0.29) is 0 Å². The lowest BCUT2D eigenvalue weighted by Gasteiger charge is -2.28. The Morgan fingerprint density at radius 1 is 1.23 bits per heavy atom. The predicted molar refractivity (Wildman–Crippen MR) is 107 cm³/mol. The largest absolute Gasteiger partial charge is 0.383 e. The van der Waals surface area contributed by atoms with Crippen LogP contribution in [0.5, 0.6) is 0 Å². The molecule has 6 nitrogen and oxygen atoms in total. The Balaban J connectivity index is 1.47. The van der Waals surface area contributed by atoms with E-state index in [0.29, 0.717) is 6.04 Å². The molecule has 2 aromatic rings. The number of rotatable bonds is 7. The molecule has 1 aliphatic rings. The number of anilines is 2. The normalized spacial score (nSPS) is 16.7. The van der Waals surface area contributed by atoms with Gasteiger partial charge < -0.3 is 15.5 Å². The van der Waals surface area contributed by atoms with Gasteiger partial charge in [-0.3, -0.25) is 4.98 Å². The van der Waals surface area contributed by atoms with Gasteiger partial charge in [-0.05, 0) is 38.3 Å². The summed E-state index contributed by atoms with van der Waals surface area (Å²) in [4.78, 5) is 15.4. The van der Waals surface area contributed by atoms with E-state index in [4.69, 9.17) is 0 Å². The molecule has 0 radical (unpaired) electrons. The Bertz CT molecular complexity index is 758. The summed E-state index contributed by atoms with van der Waals surface area (Å²) in [5.74, 6) is 1.84. The quantitative estimate of drug-likeness (QED) is 0.747. The van der Waals surface area contributed by atoms with Crippen LogP contribution in [0.1, 0.15) is 30.4 Å². The molecule has 1 aliphatic heterocycles. The van der Waals surface area contributed by atoms with Gasteiger partial charge in [-0.25, -0.2) is 9.97 Å². The molecule has 3 rings (SSSR count). The van der Waals surface area contributed by atoms with Crippen molar-refractivity contribution in [1.82, 2.24) is 20.3 Å². The fourth-order valence-corrected chi connectivity index (χ4v) is 3.08. The second-order valence-corrected chi connectivity index (χ2v) is 6.62. The van der Waals surface area contributed by atoms with Crippen molar-refractivity contribution in [1.29, 1.82) is 0 Å². The number of nitrogens with one attached hydrogen (secondary N) is 2. The number of aromatic nitrogens is 3. The van der Waals surface area contributed by atoms with Crippen LogP contribution < -0.4 is 15.5 Å². The smallest absolute Gasteiger partial charge is 0.136 e. The first-order chi connectivity index (χ1) is 12.7. The Kier molecular flexibility index (Phi) is 6.17.